The van der Waals surface area contributed by atoms with Crippen molar-refractivity contribution in [3.63, 3.8) is 0 Å². The van der Waals surface area contributed by atoms with Crippen LogP contribution in [-0.4, -0.2) is 32.6 Å². The molecule has 0 spiro atoms. The monoisotopic (exact) mass is 521 g/mol. The van der Waals surface area contributed by atoms with E-state index in [1.54, 1.807) is 17.3 Å². The van der Waals surface area contributed by atoms with Crippen LogP contribution in [0.25, 0.3) is 11.1 Å². The number of hydrogen-bond acceptors (Lipinski definition) is 4. The molecule has 0 aromatic heterocycles. The number of carboxylic acid groups (broad SMARTS) is 1. The van der Waals surface area contributed by atoms with Crippen LogP contribution in [-0.2, 0) is 21.2 Å². The first kappa shape index (κ1) is 26.7. The second kappa shape index (κ2) is 10.2. The van der Waals surface area contributed by atoms with Crippen molar-refractivity contribution in [3.8, 4) is 16.9 Å². The largest absolute Gasteiger partial charge is 0.482 e. The lowest BCUT2D eigenvalue weighted by Crippen LogP contribution is -2.31. The molecule has 4 rings (SSSR count). The Hall–Kier alpha value is -3.32. The van der Waals surface area contributed by atoms with Crippen LogP contribution in [0.5, 0.6) is 5.75 Å². The molecule has 0 aliphatic carbocycles. The van der Waals surface area contributed by atoms with Crippen molar-refractivity contribution in [3.05, 3.63) is 76.3 Å². The van der Waals surface area contributed by atoms with E-state index in [2.05, 4.69) is 58.0 Å². The van der Waals surface area contributed by atoms with E-state index in [9.17, 15) is 13.2 Å². The predicted octanol–water partition coefficient (Wildman–Crippen LogP) is 6.25. The fourth-order valence-corrected chi connectivity index (χ4v) is 6.93. The highest BCUT2D eigenvalue weighted by Gasteiger charge is 2.40. The van der Waals surface area contributed by atoms with Crippen LogP contribution in [0.3, 0.4) is 0 Å². The van der Waals surface area contributed by atoms with Gasteiger partial charge in [0.2, 0.25) is 0 Å². The summed E-state index contributed by atoms with van der Waals surface area (Å²) in [5.74, 6) is -0.411. The standard InChI is InChI=1S/C30H35NO5S/c1-7-22-8-10-23(11-9-22)25-15-20(5)30-29(21(25)6)26(18(2)3)16-31(30)37(34,35)24-12-13-27(19(4)14-24)36-17-28(32)33/h8-15,18,26H,7,16-17H2,1-6H3,(H,32,33). The number of rotatable bonds is 8. The maximum atomic E-state index is 14.0. The number of anilines is 1. The van der Waals surface area contributed by atoms with E-state index < -0.39 is 22.6 Å². The summed E-state index contributed by atoms with van der Waals surface area (Å²) in [6.07, 6.45) is 0.983. The molecule has 3 aromatic carbocycles. The normalized spacial score (nSPS) is 15.2. The Morgan fingerprint density at radius 1 is 1.05 bits per heavy atom. The van der Waals surface area contributed by atoms with Gasteiger partial charge in [-0.3, -0.25) is 4.31 Å². The lowest BCUT2D eigenvalue weighted by molar-refractivity contribution is -0.139. The van der Waals surface area contributed by atoms with Gasteiger partial charge in [-0.05, 0) is 96.3 Å². The summed E-state index contributed by atoms with van der Waals surface area (Å²) in [7, 11) is -3.85. The molecule has 1 aliphatic rings. The number of nitrogens with zero attached hydrogens (tertiary/aromatic N) is 1. The number of fused-ring (bicyclic) bond motifs is 1. The molecule has 1 atom stereocenters. The number of hydrogen-bond donors (Lipinski definition) is 1. The van der Waals surface area contributed by atoms with Crippen molar-refractivity contribution in [2.24, 2.45) is 5.92 Å². The first-order valence-electron chi connectivity index (χ1n) is 12.7. The average Bonchev–Trinajstić information content (AvgIpc) is 3.28. The lowest BCUT2D eigenvalue weighted by atomic mass is 9.83. The van der Waals surface area contributed by atoms with E-state index in [-0.39, 0.29) is 16.7 Å². The molecule has 0 amide bonds. The quantitative estimate of drug-likeness (QED) is 0.379. The van der Waals surface area contributed by atoms with Gasteiger partial charge in [0.25, 0.3) is 10.0 Å². The van der Waals surface area contributed by atoms with Crippen molar-refractivity contribution in [2.75, 3.05) is 17.5 Å². The van der Waals surface area contributed by atoms with Crippen LogP contribution in [0.2, 0.25) is 0 Å². The van der Waals surface area contributed by atoms with Crippen molar-refractivity contribution in [1.29, 1.82) is 0 Å². The second-order valence-corrected chi connectivity index (χ2v) is 12.0. The number of sulfonamides is 1. The van der Waals surface area contributed by atoms with Crippen molar-refractivity contribution in [1.82, 2.24) is 0 Å². The van der Waals surface area contributed by atoms with Gasteiger partial charge in [0.1, 0.15) is 5.75 Å². The van der Waals surface area contributed by atoms with Crippen LogP contribution in [0.15, 0.2) is 53.4 Å². The number of carbonyl (C=O) groups is 1. The minimum atomic E-state index is -3.85. The van der Waals surface area contributed by atoms with Crippen LogP contribution in [0, 0.1) is 26.7 Å². The third kappa shape index (κ3) is 4.97. The summed E-state index contributed by atoms with van der Waals surface area (Å²) in [6, 6.07) is 15.3. The number of benzene rings is 3. The molecule has 1 N–H and O–H groups in total. The van der Waals surface area contributed by atoms with Gasteiger partial charge < -0.3 is 9.84 Å². The minimum Gasteiger partial charge on any atom is -0.482 e. The fraction of sp³-hybridized carbons (Fsp3) is 0.367. The third-order valence-electron chi connectivity index (χ3n) is 7.34. The Labute approximate surface area is 220 Å². The number of carboxylic acids is 1. The minimum absolute atomic E-state index is 0.0672. The Balaban J connectivity index is 1.80. The topological polar surface area (TPSA) is 83.9 Å². The van der Waals surface area contributed by atoms with Crippen molar-refractivity contribution >= 4 is 21.7 Å². The van der Waals surface area contributed by atoms with Crippen molar-refractivity contribution < 1.29 is 23.1 Å². The first-order valence-corrected chi connectivity index (χ1v) is 14.1. The number of ether oxygens (including phenoxy) is 1. The summed E-state index contributed by atoms with van der Waals surface area (Å²) >= 11 is 0. The molecular weight excluding hydrogens is 486 g/mol. The molecule has 6 nitrogen and oxygen atoms in total. The predicted molar refractivity (Wildman–Crippen MR) is 147 cm³/mol. The van der Waals surface area contributed by atoms with E-state index >= 15 is 0 Å². The summed E-state index contributed by atoms with van der Waals surface area (Å²) < 4.78 is 34.8. The molecule has 1 unspecified atom stereocenters. The zero-order chi connectivity index (χ0) is 27.1. The van der Waals surface area contributed by atoms with Gasteiger partial charge in [-0.2, -0.15) is 0 Å². The molecule has 0 radical (unpaired) electrons. The van der Waals surface area contributed by atoms with E-state index in [0.717, 1.165) is 39.9 Å². The molecular formula is C30H35NO5S. The van der Waals surface area contributed by atoms with Crippen LogP contribution < -0.4 is 9.04 Å². The molecule has 37 heavy (non-hydrogen) atoms. The summed E-state index contributed by atoms with van der Waals surface area (Å²) in [5.41, 5.74) is 8.05. The molecule has 0 saturated heterocycles. The van der Waals surface area contributed by atoms with E-state index in [4.69, 9.17) is 9.84 Å². The maximum Gasteiger partial charge on any atom is 0.341 e. The SMILES string of the molecule is CCc1ccc(-c2cc(C)c3c(c2C)C(C(C)C)CN3S(=O)(=O)c2ccc(OCC(=O)O)c(C)c2)cc1. The van der Waals surface area contributed by atoms with Gasteiger partial charge in [-0.15, -0.1) is 0 Å². The van der Waals surface area contributed by atoms with Gasteiger partial charge in [-0.25, -0.2) is 13.2 Å². The molecule has 1 aliphatic heterocycles. The third-order valence-corrected chi connectivity index (χ3v) is 9.11. The Bertz CT molecular complexity index is 1440. The van der Waals surface area contributed by atoms with Crippen LogP contribution >= 0.6 is 0 Å². The zero-order valence-corrected chi connectivity index (χ0v) is 23.1. The van der Waals surface area contributed by atoms with Gasteiger partial charge in [0.05, 0.1) is 10.6 Å². The Morgan fingerprint density at radius 3 is 2.30 bits per heavy atom. The van der Waals surface area contributed by atoms with Gasteiger partial charge in [-0.1, -0.05) is 45.0 Å². The maximum absolute atomic E-state index is 14.0. The molecule has 1 heterocycles. The first-order chi connectivity index (χ1) is 17.4. The number of aliphatic carboxylic acids is 1. The Kier molecular flexibility index (Phi) is 7.38. The van der Waals surface area contributed by atoms with E-state index in [0.29, 0.717) is 17.9 Å². The van der Waals surface area contributed by atoms with Gasteiger partial charge in [0.15, 0.2) is 6.61 Å². The number of aryl methyl sites for hydroxylation is 3. The van der Waals surface area contributed by atoms with E-state index in [1.165, 1.54) is 17.7 Å². The Morgan fingerprint density at radius 2 is 1.73 bits per heavy atom. The van der Waals surface area contributed by atoms with Gasteiger partial charge in [0, 0.05) is 12.5 Å². The fourth-order valence-electron chi connectivity index (χ4n) is 5.27. The summed E-state index contributed by atoms with van der Waals surface area (Å²) in [5, 5.41) is 8.89. The molecule has 0 fully saturated rings. The zero-order valence-electron chi connectivity index (χ0n) is 22.3. The average molecular weight is 522 g/mol. The lowest BCUT2D eigenvalue weighted by Gasteiger charge is -2.23. The van der Waals surface area contributed by atoms with Crippen molar-refractivity contribution in [2.45, 2.75) is 58.8 Å². The highest BCUT2D eigenvalue weighted by molar-refractivity contribution is 7.92. The smallest absolute Gasteiger partial charge is 0.341 e. The summed E-state index contributed by atoms with van der Waals surface area (Å²) in [4.78, 5) is 11.0. The molecule has 196 valence electrons. The van der Waals surface area contributed by atoms with Crippen LogP contribution in [0.4, 0.5) is 5.69 Å². The molecule has 7 heteroatoms. The molecule has 3 aromatic rings. The summed E-state index contributed by atoms with van der Waals surface area (Å²) in [6.45, 7) is 12.1. The molecule has 0 bridgehead atoms. The van der Waals surface area contributed by atoms with E-state index in [1.807, 2.05) is 6.92 Å². The van der Waals surface area contributed by atoms with Crippen LogP contribution in [0.1, 0.15) is 54.5 Å². The van der Waals surface area contributed by atoms with Gasteiger partial charge >= 0.3 is 5.97 Å². The highest BCUT2D eigenvalue weighted by Crippen LogP contribution is 2.49. The highest BCUT2D eigenvalue weighted by atomic mass is 32.2. The molecule has 0 saturated carbocycles. The second-order valence-electron chi connectivity index (χ2n) is 10.2.